The molecule has 7 heteroatoms. The Bertz CT molecular complexity index is 1260. The highest BCUT2D eigenvalue weighted by Crippen LogP contribution is 2.47. The van der Waals surface area contributed by atoms with Crippen LogP contribution in [0.25, 0.3) is 5.57 Å². The lowest BCUT2D eigenvalue weighted by atomic mass is 9.86. The van der Waals surface area contributed by atoms with Gasteiger partial charge >= 0.3 is 0 Å². The number of anilines is 1. The molecular formula is C27H28ClN5S. The van der Waals surface area contributed by atoms with Gasteiger partial charge in [-0.05, 0) is 86.1 Å². The third-order valence-corrected chi connectivity index (χ3v) is 7.63. The fraction of sp³-hybridized carbons (Fsp3) is 0.296. The number of hydrogen-bond donors (Lipinski definition) is 1. The Labute approximate surface area is 211 Å². The van der Waals surface area contributed by atoms with Crippen molar-refractivity contribution in [2.45, 2.75) is 44.9 Å². The predicted octanol–water partition coefficient (Wildman–Crippen LogP) is 5.93. The molecule has 2 atom stereocenters. The predicted molar refractivity (Wildman–Crippen MR) is 143 cm³/mol. The molecule has 174 valence electrons. The summed E-state index contributed by atoms with van der Waals surface area (Å²) in [6, 6.07) is 14.1. The van der Waals surface area contributed by atoms with E-state index in [-0.39, 0.29) is 17.6 Å². The summed E-state index contributed by atoms with van der Waals surface area (Å²) in [7, 11) is 2.12. The molecule has 0 saturated carbocycles. The van der Waals surface area contributed by atoms with Crippen LogP contribution < -0.4 is 10.2 Å². The monoisotopic (exact) mass is 489 g/mol. The zero-order valence-corrected chi connectivity index (χ0v) is 21.4. The molecule has 1 N–H and O–H groups in total. The van der Waals surface area contributed by atoms with Crippen molar-refractivity contribution in [3.05, 3.63) is 94.5 Å². The number of nitrogens with zero attached hydrogens (tertiary/aromatic N) is 4. The van der Waals surface area contributed by atoms with E-state index in [0.717, 1.165) is 27.5 Å². The number of hydrogen-bond acceptors (Lipinski definition) is 4. The van der Waals surface area contributed by atoms with Gasteiger partial charge in [0.1, 0.15) is 0 Å². The number of nitrogens with one attached hydrogen (secondary N) is 1. The molecule has 0 amide bonds. The molecule has 1 aromatic carbocycles. The van der Waals surface area contributed by atoms with Gasteiger partial charge in [0.2, 0.25) is 0 Å². The fourth-order valence-electron chi connectivity index (χ4n) is 5.01. The normalized spacial score (nSPS) is 21.2. The van der Waals surface area contributed by atoms with Crippen molar-refractivity contribution in [3.8, 4) is 0 Å². The van der Waals surface area contributed by atoms with E-state index in [1.54, 1.807) is 0 Å². The second-order valence-electron chi connectivity index (χ2n) is 9.54. The van der Waals surface area contributed by atoms with Crippen molar-refractivity contribution in [2.75, 3.05) is 11.9 Å². The van der Waals surface area contributed by atoms with Crippen molar-refractivity contribution in [1.82, 2.24) is 20.2 Å². The van der Waals surface area contributed by atoms with Gasteiger partial charge in [0.15, 0.2) is 5.11 Å². The average Bonchev–Trinajstić information content (AvgIpc) is 3.14. The van der Waals surface area contributed by atoms with Gasteiger partial charge in [-0.25, -0.2) is 0 Å². The highest BCUT2D eigenvalue weighted by atomic mass is 35.5. The molecule has 0 spiro atoms. The van der Waals surface area contributed by atoms with E-state index >= 15 is 0 Å². The van der Waals surface area contributed by atoms with Crippen LogP contribution in [0.3, 0.4) is 0 Å². The molecule has 2 aliphatic rings. The summed E-state index contributed by atoms with van der Waals surface area (Å²) >= 11 is 12.9. The van der Waals surface area contributed by atoms with E-state index in [0.29, 0.717) is 11.7 Å². The quantitative estimate of drug-likeness (QED) is 0.458. The zero-order valence-electron chi connectivity index (χ0n) is 19.8. The highest BCUT2D eigenvalue weighted by Gasteiger charge is 2.41. The van der Waals surface area contributed by atoms with Crippen LogP contribution in [0.1, 0.15) is 55.2 Å². The number of halogens is 1. The van der Waals surface area contributed by atoms with Crippen molar-refractivity contribution in [1.29, 1.82) is 0 Å². The zero-order chi connectivity index (χ0) is 24.0. The molecule has 2 aliphatic heterocycles. The van der Waals surface area contributed by atoms with Crippen molar-refractivity contribution in [3.63, 3.8) is 0 Å². The van der Waals surface area contributed by atoms with Crippen LogP contribution in [0.15, 0.2) is 67.1 Å². The Balaban J connectivity index is 1.64. The summed E-state index contributed by atoms with van der Waals surface area (Å²) in [6.07, 6.45) is 7.76. The second kappa shape index (κ2) is 8.67. The maximum absolute atomic E-state index is 7.04. The van der Waals surface area contributed by atoms with Crippen LogP contribution in [-0.4, -0.2) is 32.6 Å². The molecule has 1 fully saturated rings. The smallest absolute Gasteiger partial charge is 0.170 e. The minimum absolute atomic E-state index is 0.0811. The minimum atomic E-state index is -0.117. The molecule has 5 nitrogen and oxygen atoms in total. The number of thiocarbonyl (C=S) groups is 1. The molecule has 0 aliphatic carbocycles. The lowest BCUT2D eigenvalue weighted by molar-refractivity contribution is 0.311. The Hall–Kier alpha value is -2.96. The second-order valence-corrected chi connectivity index (χ2v) is 10.3. The van der Waals surface area contributed by atoms with Gasteiger partial charge in [-0.3, -0.25) is 9.97 Å². The Morgan fingerprint density at radius 1 is 1.12 bits per heavy atom. The van der Waals surface area contributed by atoms with Gasteiger partial charge in [0.05, 0.1) is 23.3 Å². The summed E-state index contributed by atoms with van der Waals surface area (Å²) < 4.78 is 0. The Kier molecular flexibility index (Phi) is 5.82. The summed E-state index contributed by atoms with van der Waals surface area (Å²) in [5.41, 5.74) is 6.62. The standard InChI is InChI=1S/C27H28ClN5S/c1-17-15-27(2,3)32(4)23-14-21(28)20(13-19(17)23)25-24(22-7-5-6-10-30-22)31-26(34)33(25)16-18-8-11-29-12-9-18/h5-15,24-25H,16H2,1-4H3,(H,31,34)/t24-,25-/m1/s1. The first-order valence-corrected chi connectivity index (χ1v) is 12.2. The topological polar surface area (TPSA) is 44.3 Å². The lowest BCUT2D eigenvalue weighted by Crippen LogP contribution is -2.42. The van der Waals surface area contributed by atoms with Crippen LogP contribution in [0.4, 0.5) is 5.69 Å². The largest absolute Gasteiger partial charge is 0.365 e. The molecular weight excluding hydrogens is 462 g/mol. The van der Waals surface area contributed by atoms with Crippen molar-refractivity contribution in [2.24, 2.45) is 0 Å². The van der Waals surface area contributed by atoms with E-state index in [9.17, 15) is 0 Å². The maximum Gasteiger partial charge on any atom is 0.170 e. The number of likely N-dealkylation sites (N-methyl/N-ethyl adjacent to an activating group) is 1. The van der Waals surface area contributed by atoms with Gasteiger partial charge in [0, 0.05) is 48.5 Å². The summed E-state index contributed by atoms with van der Waals surface area (Å²) in [5.74, 6) is 0. The number of rotatable bonds is 4. The van der Waals surface area contributed by atoms with Gasteiger partial charge in [-0.2, -0.15) is 0 Å². The molecule has 5 rings (SSSR count). The molecule has 2 aromatic heterocycles. The molecule has 0 unspecified atom stereocenters. The first kappa shape index (κ1) is 22.8. The number of benzene rings is 1. The summed E-state index contributed by atoms with van der Waals surface area (Å²) in [4.78, 5) is 13.3. The molecule has 0 bridgehead atoms. The molecule has 0 radical (unpaired) electrons. The third-order valence-electron chi connectivity index (χ3n) is 6.95. The van der Waals surface area contributed by atoms with Gasteiger partial charge in [-0.15, -0.1) is 0 Å². The van der Waals surface area contributed by atoms with Gasteiger partial charge in [-0.1, -0.05) is 23.7 Å². The fourth-order valence-corrected chi connectivity index (χ4v) is 5.59. The minimum Gasteiger partial charge on any atom is -0.365 e. The number of pyridine rings is 2. The average molecular weight is 490 g/mol. The first-order valence-electron chi connectivity index (χ1n) is 11.4. The van der Waals surface area contributed by atoms with Crippen LogP contribution in [-0.2, 0) is 6.54 Å². The van der Waals surface area contributed by atoms with E-state index in [2.05, 4.69) is 71.1 Å². The van der Waals surface area contributed by atoms with Crippen molar-refractivity contribution < 1.29 is 0 Å². The molecule has 34 heavy (non-hydrogen) atoms. The number of fused-ring (bicyclic) bond motifs is 1. The number of aromatic nitrogens is 2. The van der Waals surface area contributed by atoms with E-state index in [4.69, 9.17) is 23.8 Å². The maximum atomic E-state index is 7.04. The number of allylic oxidation sites excluding steroid dienone is 1. The van der Waals surface area contributed by atoms with Gasteiger partial charge < -0.3 is 15.1 Å². The Morgan fingerprint density at radius 3 is 2.59 bits per heavy atom. The first-order chi connectivity index (χ1) is 16.3. The van der Waals surface area contributed by atoms with E-state index in [1.165, 1.54) is 11.1 Å². The summed E-state index contributed by atoms with van der Waals surface area (Å²) in [5, 5.41) is 4.95. The van der Waals surface area contributed by atoms with Crippen LogP contribution in [0.5, 0.6) is 0 Å². The SMILES string of the molecule is CC1=CC(C)(C)N(C)c2cc(Cl)c([C@@H]3[C@@H](c4ccccn4)NC(=S)N3Cc3ccncc3)cc21. The molecule has 1 saturated heterocycles. The van der Waals surface area contributed by atoms with E-state index in [1.807, 2.05) is 48.9 Å². The molecule has 3 aromatic rings. The molecule has 4 heterocycles. The van der Waals surface area contributed by atoms with Crippen LogP contribution >= 0.6 is 23.8 Å². The lowest BCUT2D eigenvalue weighted by Gasteiger charge is -2.41. The summed E-state index contributed by atoms with van der Waals surface area (Å²) in [6.45, 7) is 7.26. The van der Waals surface area contributed by atoms with E-state index < -0.39 is 0 Å². The van der Waals surface area contributed by atoms with Crippen LogP contribution in [0, 0.1) is 0 Å². The Morgan fingerprint density at radius 2 is 1.88 bits per heavy atom. The van der Waals surface area contributed by atoms with Gasteiger partial charge in [0.25, 0.3) is 0 Å². The van der Waals surface area contributed by atoms with Crippen molar-refractivity contribution >= 4 is 40.2 Å². The third kappa shape index (κ3) is 3.95. The highest BCUT2D eigenvalue weighted by molar-refractivity contribution is 7.80. The van der Waals surface area contributed by atoms with Crippen LogP contribution in [0.2, 0.25) is 5.02 Å².